The van der Waals surface area contributed by atoms with Crippen molar-refractivity contribution in [2.24, 2.45) is 0 Å². The number of urea groups is 1. The van der Waals surface area contributed by atoms with Crippen molar-refractivity contribution < 1.29 is 14.3 Å². The van der Waals surface area contributed by atoms with Gasteiger partial charge in [0, 0.05) is 12.2 Å². The first-order valence-corrected chi connectivity index (χ1v) is 10.4. The van der Waals surface area contributed by atoms with Crippen LogP contribution in [0.4, 0.5) is 4.79 Å². The predicted molar refractivity (Wildman–Crippen MR) is 117 cm³/mol. The van der Waals surface area contributed by atoms with Gasteiger partial charge in [-0.3, -0.25) is 0 Å². The third kappa shape index (κ3) is 5.07. The van der Waals surface area contributed by atoms with E-state index in [0.717, 1.165) is 11.1 Å². The molecule has 1 heterocycles. The second kappa shape index (κ2) is 10.1. The standard InChI is InChI=1S/C24H29N3O3/c1-4-19-21(23(28)30-5-2)20(27-24(29)26-19)15-25-22(17-9-7-6-8-10-17)18-13-11-16(3)12-14-18/h6-14,19,22,25H,4-5,15H2,1-3H3,(H2,26,27,29)/t19-,22-/m1/s1. The smallest absolute Gasteiger partial charge is 0.337 e. The second-order valence-corrected chi connectivity index (χ2v) is 7.31. The molecule has 0 radical (unpaired) electrons. The summed E-state index contributed by atoms with van der Waals surface area (Å²) in [6.45, 7) is 6.37. The van der Waals surface area contributed by atoms with Crippen LogP contribution in [0.5, 0.6) is 0 Å². The van der Waals surface area contributed by atoms with Gasteiger partial charge in [-0.05, 0) is 31.4 Å². The molecular weight excluding hydrogens is 378 g/mol. The van der Waals surface area contributed by atoms with Gasteiger partial charge in [0.05, 0.1) is 24.3 Å². The molecule has 1 aliphatic heterocycles. The summed E-state index contributed by atoms with van der Waals surface area (Å²) in [6, 6.07) is 17.7. The van der Waals surface area contributed by atoms with Crippen molar-refractivity contribution in [3.05, 3.63) is 82.6 Å². The Morgan fingerprint density at radius 3 is 2.37 bits per heavy atom. The topological polar surface area (TPSA) is 79.5 Å². The maximum absolute atomic E-state index is 12.6. The SMILES string of the molecule is CCOC(=O)C1=C(CN[C@H](c2ccccc2)c2ccc(C)cc2)NC(=O)N[C@@H]1CC. The number of esters is 1. The van der Waals surface area contributed by atoms with Gasteiger partial charge in [-0.25, -0.2) is 9.59 Å². The number of carbonyl (C=O) groups excluding carboxylic acids is 2. The van der Waals surface area contributed by atoms with Gasteiger partial charge in [0.25, 0.3) is 0 Å². The van der Waals surface area contributed by atoms with E-state index in [1.807, 2.05) is 25.1 Å². The van der Waals surface area contributed by atoms with Gasteiger partial charge < -0.3 is 20.7 Å². The second-order valence-electron chi connectivity index (χ2n) is 7.31. The van der Waals surface area contributed by atoms with Crippen LogP contribution in [0.3, 0.4) is 0 Å². The monoisotopic (exact) mass is 407 g/mol. The van der Waals surface area contributed by atoms with Crippen molar-refractivity contribution in [2.45, 2.75) is 39.3 Å². The Morgan fingerprint density at radius 1 is 1.07 bits per heavy atom. The quantitative estimate of drug-likeness (QED) is 0.585. The van der Waals surface area contributed by atoms with Crippen molar-refractivity contribution in [2.75, 3.05) is 13.2 Å². The van der Waals surface area contributed by atoms with Crippen LogP contribution in [0.2, 0.25) is 0 Å². The Bertz CT molecular complexity index is 907. The molecule has 2 amide bonds. The molecule has 0 bridgehead atoms. The Hall–Kier alpha value is -3.12. The summed E-state index contributed by atoms with van der Waals surface area (Å²) in [5, 5.41) is 9.14. The van der Waals surface area contributed by atoms with Crippen LogP contribution in [0, 0.1) is 6.92 Å². The fraction of sp³-hybridized carbons (Fsp3) is 0.333. The van der Waals surface area contributed by atoms with Crippen LogP contribution in [0.15, 0.2) is 65.9 Å². The molecule has 0 saturated heterocycles. The molecule has 3 rings (SSSR count). The molecule has 2 aromatic rings. The zero-order valence-electron chi connectivity index (χ0n) is 17.7. The van der Waals surface area contributed by atoms with Gasteiger partial charge in [-0.1, -0.05) is 67.1 Å². The van der Waals surface area contributed by atoms with E-state index < -0.39 is 5.97 Å². The first kappa shape index (κ1) is 21.6. The Kier molecular flexibility index (Phi) is 7.25. The summed E-state index contributed by atoms with van der Waals surface area (Å²) >= 11 is 0. The van der Waals surface area contributed by atoms with E-state index in [1.54, 1.807) is 6.92 Å². The highest BCUT2D eigenvalue weighted by molar-refractivity contribution is 5.94. The maximum atomic E-state index is 12.6. The number of ether oxygens (including phenoxy) is 1. The van der Waals surface area contributed by atoms with Gasteiger partial charge >= 0.3 is 12.0 Å². The summed E-state index contributed by atoms with van der Waals surface area (Å²) in [5.41, 5.74) is 4.43. The van der Waals surface area contributed by atoms with E-state index in [9.17, 15) is 9.59 Å². The Labute approximate surface area is 177 Å². The molecule has 158 valence electrons. The number of nitrogens with one attached hydrogen (secondary N) is 3. The largest absolute Gasteiger partial charge is 0.463 e. The molecule has 0 fully saturated rings. The van der Waals surface area contributed by atoms with Gasteiger partial charge in [0.1, 0.15) is 0 Å². The molecule has 0 saturated carbocycles. The van der Waals surface area contributed by atoms with E-state index in [1.165, 1.54) is 5.56 Å². The molecule has 30 heavy (non-hydrogen) atoms. The third-order valence-corrected chi connectivity index (χ3v) is 5.17. The molecule has 0 aliphatic carbocycles. The van der Waals surface area contributed by atoms with E-state index in [4.69, 9.17) is 4.74 Å². The van der Waals surface area contributed by atoms with Crippen molar-refractivity contribution >= 4 is 12.0 Å². The summed E-state index contributed by atoms with van der Waals surface area (Å²) < 4.78 is 5.25. The highest BCUT2D eigenvalue weighted by atomic mass is 16.5. The number of rotatable bonds is 8. The average Bonchev–Trinajstić information content (AvgIpc) is 2.75. The minimum absolute atomic E-state index is 0.0883. The minimum Gasteiger partial charge on any atom is -0.463 e. The number of benzene rings is 2. The normalized spacial score (nSPS) is 17.2. The van der Waals surface area contributed by atoms with Crippen LogP contribution >= 0.6 is 0 Å². The zero-order chi connectivity index (χ0) is 21.5. The number of aryl methyl sites for hydroxylation is 1. The van der Waals surface area contributed by atoms with Gasteiger partial charge in [0.2, 0.25) is 0 Å². The molecular formula is C24H29N3O3. The molecule has 2 aromatic carbocycles. The first-order chi connectivity index (χ1) is 14.5. The van der Waals surface area contributed by atoms with Crippen molar-refractivity contribution in [3.63, 3.8) is 0 Å². The lowest BCUT2D eigenvalue weighted by molar-refractivity contribution is -0.139. The maximum Gasteiger partial charge on any atom is 0.337 e. The summed E-state index contributed by atoms with van der Waals surface area (Å²) in [6.07, 6.45) is 0.602. The molecule has 1 aliphatic rings. The van der Waals surface area contributed by atoms with Crippen LogP contribution in [-0.2, 0) is 9.53 Å². The lowest BCUT2D eigenvalue weighted by Gasteiger charge is -2.29. The lowest BCUT2D eigenvalue weighted by atomic mass is 9.96. The molecule has 3 N–H and O–H groups in total. The van der Waals surface area contributed by atoms with E-state index >= 15 is 0 Å². The highest BCUT2D eigenvalue weighted by Gasteiger charge is 2.31. The summed E-state index contributed by atoms with van der Waals surface area (Å²) in [4.78, 5) is 24.8. The molecule has 0 unspecified atom stereocenters. The number of carbonyl (C=O) groups is 2. The average molecular weight is 408 g/mol. The molecule has 6 heteroatoms. The Balaban J connectivity index is 1.92. The minimum atomic E-state index is -0.403. The summed E-state index contributed by atoms with van der Waals surface area (Å²) in [5.74, 6) is -0.403. The van der Waals surface area contributed by atoms with Crippen LogP contribution in [-0.4, -0.2) is 31.2 Å². The van der Waals surface area contributed by atoms with Gasteiger partial charge in [-0.15, -0.1) is 0 Å². The fourth-order valence-electron chi connectivity index (χ4n) is 3.64. The van der Waals surface area contributed by atoms with Crippen molar-refractivity contribution in [3.8, 4) is 0 Å². The number of amides is 2. The molecule has 6 nitrogen and oxygen atoms in total. The van der Waals surface area contributed by atoms with Crippen LogP contribution < -0.4 is 16.0 Å². The number of hydrogen-bond acceptors (Lipinski definition) is 4. The van der Waals surface area contributed by atoms with E-state index in [-0.39, 0.29) is 24.7 Å². The third-order valence-electron chi connectivity index (χ3n) is 5.17. The highest BCUT2D eigenvalue weighted by Crippen LogP contribution is 2.24. The van der Waals surface area contributed by atoms with Gasteiger partial charge in [-0.2, -0.15) is 0 Å². The van der Waals surface area contributed by atoms with E-state index in [0.29, 0.717) is 24.2 Å². The lowest BCUT2D eigenvalue weighted by Crippen LogP contribution is -2.52. The predicted octanol–water partition coefficient (Wildman–Crippen LogP) is 3.58. The van der Waals surface area contributed by atoms with Crippen molar-refractivity contribution in [1.82, 2.24) is 16.0 Å². The Morgan fingerprint density at radius 2 is 1.73 bits per heavy atom. The van der Waals surface area contributed by atoms with E-state index in [2.05, 4.69) is 59.3 Å². The molecule has 2 atom stereocenters. The zero-order valence-corrected chi connectivity index (χ0v) is 17.7. The summed E-state index contributed by atoms with van der Waals surface area (Å²) in [7, 11) is 0. The first-order valence-electron chi connectivity index (χ1n) is 10.4. The van der Waals surface area contributed by atoms with Crippen molar-refractivity contribution in [1.29, 1.82) is 0 Å². The van der Waals surface area contributed by atoms with Crippen LogP contribution in [0.1, 0.15) is 43.0 Å². The van der Waals surface area contributed by atoms with Crippen LogP contribution in [0.25, 0.3) is 0 Å². The number of hydrogen-bond donors (Lipinski definition) is 3. The fourth-order valence-corrected chi connectivity index (χ4v) is 3.64. The molecule has 0 spiro atoms. The van der Waals surface area contributed by atoms with Gasteiger partial charge in [0.15, 0.2) is 0 Å². The molecule has 0 aromatic heterocycles.